The van der Waals surface area contributed by atoms with Crippen LogP contribution in [0.15, 0.2) is 0 Å². The highest BCUT2D eigenvalue weighted by atomic mass is 16.4. The first-order valence-corrected chi connectivity index (χ1v) is 6.27. The molecular weight excluding hydrogens is 220 g/mol. The molecule has 17 heavy (non-hydrogen) atoms. The van der Waals surface area contributed by atoms with E-state index in [0.717, 1.165) is 19.3 Å². The molecule has 0 aromatic carbocycles. The number of hydrogen-bond donors (Lipinski definition) is 2. The normalized spacial score (nSPS) is 24.2. The minimum absolute atomic E-state index is 0.0823. The molecule has 1 amide bonds. The van der Waals surface area contributed by atoms with Gasteiger partial charge in [0.15, 0.2) is 0 Å². The summed E-state index contributed by atoms with van der Waals surface area (Å²) in [5.41, 5.74) is 5.88. The van der Waals surface area contributed by atoms with Gasteiger partial charge in [-0.2, -0.15) is 0 Å². The highest BCUT2D eigenvalue weighted by Crippen LogP contribution is 2.20. The van der Waals surface area contributed by atoms with E-state index in [2.05, 4.69) is 0 Å². The average Bonchev–Trinajstić information content (AvgIpc) is 2.35. The van der Waals surface area contributed by atoms with Crippen LogP contribution < -0.4 is 5.73 Å². The van der Waals surface area contributed by atoms with Crippen molar-refractivity contribution in [2.75, 3.05) is 6.54 Å². The molecule has 0 bridgehead atoms. The molecule has 1 heterocycles. The molecule has 1 aliphatic rings. The third-order valence-corrected chi connectivity index (χ3v) is 3.61. The molecule has 3 atom stereocenters. The molecule has 0 aromatic rings. The largest absolute Gasteiger partial charge is 0.480 e. The molecule has 5 nitrogen and oxygen atoms in total. The highest BCUT2D eigenvalue weighted by molar-refractivity contribution is 5.87. The molecule has 5 heteroatoms. The van der Waals surface area contributed by atoms with Crippen LogP contribution in [0.2, 0.25) is 0 Å². The monoisotopic (exact) mass is 242 g/mol. The zero-order valence-corrected chi connectivity index (χ0v) is 10.6. The number of nitrogens with zero attached hydrogens (tertiary/aromatic N) is 1. The van der Waals surface area contributed by atoms with Gasteiger partial charge in [0.05, 0.1) is 6.04 Å². The Bertz CT molecular complexity index is 293. The minimum atomic E-state index is -0.922. The Morgan fingerprint density at radius 3 is 2.65 bits per heavy atom. The summed E-state index contributed by atoms with van der Waals surface area (Å²) in [4.78, 5) is 24.7. The summed E-state index contributed by atoms with van der Waals surface area (Å²) < 4.78 is 0. The smallest absolute Gasteiger partial charge is 0.326 e. The number of carbonyl (C=O) groups is 2. The van der Waals surface area contributed by atoms with Gasteiger partial charge in [0, 0.05) is 6.54 Å². The summed E-state index contributed by atoms with van der Waals surface area (Å²) in [6, 6.07) is -1.27. The Morgan fingerprint density at radius 2 is 2.12 bits per heavy atom. The molecule has 0 aromatic heterocycles. The number of rotatable bonds is 4. The first-order valence-electron chi connectivity index (χ1n) is 6.27. The van der Waals surface area contributed by atoms with Crippen molar-refractivity contribution in [3.8, 4) is 0 Å². The highest BCUT2D eigenvalue weighted by Gasteiger charge is 2.35. The third kappa shape index (κ3) is 3.19. The van der Waals surface area contributed by atoms with Gasteiger partial charge in [0.25, 0.3) is 0 Å². The SMILES string of the molecule is CCC(C)[C@H](N)C(=O)N1CCCC[C@@H]1C(=O)O. The maximum absolute atomic E-state index is 12.2. The van der Waals surface area contributed by atoms with Crippen molar-refractivity contribution in [2.24, 2.45) is 11.7 Å². The lowest BCUT2D eigenvalue weighted by Crippen LogP contribution is -2.55. The number of carbonyl (C=O) groups excluding carboxylic acids is 1. The van der Waals surface area contributed by atoms with E-state index in [1.54, 1.807) is 0 Å². The number of piperidine rings is 1. The van der Waals surface area contributed by atoms with E-state index >= 15 is 0 Å². The van der Waals surface area contributed by atoms with Gasteiger partial charge in [-0.3, -0.25) is 4.79 Å². The Hall–Kier alpha value is -1.10. The Labute approximate surface area is 102 Å². The number of nitrogens with two attached hydrogens (primary N) is 1. The third-order valence-electron chi connectivity index (χ3n) is 3.61. The molecule has 0 saturated carbocycles. The summed E-state index contributed by atoms with van der Waals surface area (Å²) >= 11 is 0. The summed E-state index contributed by atoms with van der Waals surface area (Å²) in [7, 11) is 0. The van der Waals surface area contributed by atoms with Crippen LogP contribution in [-0.4, -0.2) is 40.5 Å². The van der Waals surface area contributed by atoms with Crippen LogP contribution in [0.4, 0.5) is 0 Å². The lowest BCUT2D eigenvalue weighted by Gasteiger charge is -2.35. The van der Waals surface area contributed by atoms with Crippen molar-refractivity contribution in [3.05, 3.63) is 0 Å². The van der Waals surface area contributed by atoms with Crippen molar-refractivity contribution >= 4 is 11.9 Å². The van der Waals surface area contributed by atoms with Gasteiger partial charge in [-0.25, -0.2) is 4.79 Å². The van der Waals surface area contributed by atoms with Gasteiger partial charge in [-0.15, -0.1) is 0 Å². The molecular formula is C12H22N2O3. The van der Waals surface area contributed by atoms with Gasteiger partial charge >= 0.3 is 5.97 Å². The Balaban J connectivity index is 2.74. The summed E-state index contributed by atoms with van der Waals surface area (Å²) in [6.45, 7) is 4.41. The Kier molecular flexibility index (Phi) is 4.93. The van der Waals surface area contributed by atoms with Crippen LogP contribution in [0.1, 0.15) is 39.5 Å². The van der Waals surface area contributed by atoms with Crippen LogP contribution >= 0.6 is 0 Å². The number of amides is 1. The summed E-state index contributed by atoms with van der Waals surface area (Å²) in [6.07, 6.45) is 3.08. The quantitative estimate of drug-likeness (QED) is 0.764. The zero-order valence-electron chi connectivity index (χ0n) is 10.6. The van der Waals surface area contributed by atoms with Crippen molar-refractivity contribution in [1.82, 2.24) is 4.90 Å². The van der Waals surface area contributed by atoms with Gasteiger partial charge in [-0.05, 0) is 25.2 Å². The molecule has 1 fully saturated rings. The number of carboxylic acids is 1. The van der Waals surface area contributed by atoms with Crippen LogP contribution in [0.5, 0.6) is 0 Å². The average molecular weight is 242 g/mol. The van der Waals surface area contributed by atoms with E-state index < -0.39 is 18.1 Å². The van der Waals surface area contributed by atoms with Crippen molar-refractivity contribution in [3.63, 3.8) is 0 Å². The zero-order chi connectivity index (χ0) is 13.0. The first kappa shape index (κ1) is 14.0. The molecule has 0 aliphatic carbocycles. The van der Waals surface area contributed by atoms with Crippen LogP contribution in [0, 0.1) is 5.92 Å². The van der Waals surface area contributed by atoms with E-state index in [1.807, 2.05) is 13.8 Å². The van der Waals surface area contributed by atoms with Crippen molar-refractivity contribution < 1.29 is 14.7 Å². The van der Waals surface area contributed by atoms with E-state index in [-0.39, 0.29) is 11.8 Å². The minimum Gasteiger partial charge on any atom is -0.480 e. The molecule has 1 saturated heterocycles. The molecule has 3 N–H and O–H groups in total. The van der Waals surface area contributed by atoms with Gasteiger partial charge < -0.3 is 15.7 Å². The predicted octanol–water partition coefficient (Wildman–Crippen LogP) is 0.825. The van der Waals surface area contributed by atoms with Crippen LogP contribution in [0.25, 0.3) is 0 Å². The summed E-state index contributed by atoms with van der Waals surface area (Å²) in [5, 5.41) is 9.10. The van der Waals surface area contributed by atoms with Crippen molar-refractivity contribution in [1.29, 1.82) is 0 Å². The maximum Gasteiger partial charge on any atom is 0.326 e. The topological polar surface area (TPSA) is 83.6 Å². The number of hydrogen-bond acceptors (Lipinski definition) is 3. The molecule has 1 aliphatic heterocycles. The van der Waals surface area contributed by atoms with Crippen LogP contribution in [0.3, 0.4) is 0 Å². The van der Waals surface area contributed by atoms with Crippen molar-refractivity contribution in [2.45, 2.75) is 51.6 Å². The molecule has 1 unspecified atom stereocenters. The fraction of sp³-hybridized carbons (Fsp3) is 0.833. The van der Waals surface area contributed by atoms with Gasteiger partial charge in [-0.1, -0.05) is 20.3 Å². The molecule has 0 spiro atoms. The van der Waals surface area contributed by atoms with E-state index in [9.17, 15) is 9.59 Å². The van der Waals surface area contributed by atoms with Gasteiger partial charge in [0.2, 0.25) is 5.91 Å². The molecule has 98 valence electrons. The molecule has 1 rings (SSSR count). The number of carboxylic acid groups (broad SMARTS) is 1. The maximum atomic E-state index is 12.2. The predicted molar refractivity (Wildman–Crippen MR) is 64.4 cm³/mol. The van der Waals surface area contributed by atoms with Crippen LogP contribution in [-0.2, 0) is 9.59 Å². The second-order valence-corrected chi connectivity index (χ2v) is 4.79. The second kappa shape index (κ2) is 6.00. The summed E-state index contributed by atoms with van der Waals surface area (Å²) in [5.74, 6) is -1.06. The van der Waals surface area contributed by atoms with E-state index in [4.69, 9.17) is 10.8 Å². The second-order valence-electron chi connectivity index (χ2n) is 4.79. The van der Waals surface area contributed by atoms with E-state index in [0.29, 0.717) is 13.0 Å². The fourth-order valence-electron chi connectivity index (χ4n) is 2.14. The number of likely N-dealkylation sites (tertiary alicyclic amines) is 1. The fourth-order valence-corrected chi connectivity index (χ4v) is 2.14. The van der Waals surface area contributed by atoms with E-state index in [1.165, 1.54) is 4.90 Å². The Morgan fingerprint density at radius 1 is 1.47 bits per heavy atom. The van der Waals surface area contributed by atoms with Gasteiger partial charge in [0.1, 0.15) is 6.04 Å². The molecule has 0 radical (unpaired) electrons. The lowest BCUT2D eigenvalue weighted by molar-refractivity contribution is -0.153. The lowest BCUT2D eigenvalue weighted by atomic mass is 9.95. The first-order chi connectivity index (χ1) is 7.99. The standard InChI is InChI=1S/C12H22N2O3/c1-3-8(2)10(13)11(15)14-7-5-4-6-9(14)12(16)17/h8-10H,3-7,13H2,1-2H3,(H,16,17)/t8?,9-,10+/m1/s1. The number of aliphatic carboxylic acids is 1.